The quantitative estimate of drug-likeness (QED) is 0.676. The van der Waals surface area contributed by atoms with Crippen molar-refractivity contribution < 1.29 is 18.4 Å². The Bertz CT molecular complexity index is 197. The van der Waals surface area contributed by atoms with Crippen LogP contribution in [0.4, 0.5) is 8.78 Å². The lowest BCUT2D eigenvalue weighted by atomic mass is 10.4. The highest BCUT2D eigenvalue weighted by Gasteiger charge is 2.23. The van der Waals surface area contributed by atoms with Crippen molar-refractivity contribution in [1.82, 2.24) is 10.2 Å². The highest BCUT2D eigenvalue weighted by atomic mass is 19.3. The van der Waals surface area contributed by atoms with Crippen LogP contribution in [0, 0.1) is 0 Å². The Morgan fingerprint density at radius 2 is 2.00 bits per heavy atom. The van der Waals surface area contributed by atoms with Crippen molar-refractivity contribution in [3.8, 4) is 0 Å². The predicted octanol–water partition coefficient (Wildman–Crippen LogP) is -0.154. The third kappa shape index (κ3) is 3.82. The van der Waals surface area contributed by atoms with Crippen molar-refractivity contribution >= 4 is 11.8 Å². The summed E-state index contributed by atoms with van der Waals surface area (Å²) in [5, 5.41) is 2.25. The molecule has 0 aromatic heterocycles. The van der Waals surface area contributed by atoms with Crippen LogP contribution in [0.3, 0.4) is 0 Å². The first kappa shape index (κ1) is 11.8. The Morgan fingerprint density at radius 1 is 1.46 bits per heavy atom. The maximum absolute atomic E-state index is 11.9. The molecule has 6 heteroatoms. The highest BCUT2D eigenvalue weighted by molar-refractivity contribution is 5.86. The summed E-state index contributed by atoms with van der Waals surface area (Å²) < 4.78 is 23.8. The number of rotatable bonds is 4. The molecule has 0 unspecified atom stereocenters. The van der Waals surface area contributed by atoms with Gasteiger partial charge in [0.1, 0.15) is 0 Å². The normalized spacial score (nSPS) is 9.92. The zero-order valence-electron chi connectivity index (χ0n) is 7.51. The van der Waals surface area contributed by atoms with Crippen molar-refractivity contribution in [2.75, 3.05) is 20.1 Å². The van der Waals surface area contributed by atoms with Gasteiger partial charge in [0.2, 0.25) is 5.91 Å². The molecule has 0 aliphatic carbocycles. The van der Waals surface area contributed by atoms with E-state index in [0.29, 0.717) is 0 Å². The van der Waals surface area contributed by atoms with Gasteiger partial charge in [-0.2, -0.15) is 8.78 Å². The number of carbonyl (C=O) groups is 2. The predicted molar refractivity (Wildman–Crippen MR) is 42.3 cm³/mol. The van der Waals surface area contributed by atoms with E-state index in [1.54, 1.807) is 0 Å². The topological polar surface area (TPSA) is 49.4 Å². The molecule has 0 aromatic rings. The molecule has 0 spiro atoms. The lowest BCUT2D eigenvalue weighted by Gasteiger charge is -2.18. The van der Waals surface area contributed by atoms with Crippen LogP contribution in [0.2, 0.25) is 0 Å². The summed E-state index contributed by atoms with van der Waals surface area (Å²) in [7, 11) is 1.38. The van der Waals surface area contributed by atoms with Crippen LogP contribution in [0.15, 0.2) is 0 Å². The van der Waals surface area contributed by atoms with Gasteiger partial charge in [0.15, 0.2) is 0 Å². The third-order valence-electron chi connectivity index (χ3n) is 1.49. The van der Waals surface area contributed by atoms with Crippen molar-refractivity contribution in [1.29, 1.82) is 0 Å². The Morgan fingerprint density at radius 3 is 2.31 bits per heavy atom. The Labute approximate surface area is 74.9 Å². The lowest BCUT2D eigenvalue weighted by Crippen LogP contribution is -2.42. The standard InChI is InChI=1S/C7H12F2N2O2/c1-3-11(4-5(12)10-2)7(13)6(8)9/h6H,3-4H2,1-2H3,(H,10,12). The van der Waals surface area contributed by atoms with Crippen LogP contribution in [-0.4, -0.2) is 43.3 Å². The summed E-state index contributed by atoms with van der Waals surface area (Å²) in [6, 6.07) is 0. The summed E-state index contributed by atoms with van der Waals surface area (Å²) in [6.07, 6.45) is -3.05. The second kappa shape index (κ2) is 5.45. The van der Waals surface area contributed by atoms with Gasteiger partial charge in [0.25, 0.3) is 5.91 Å². The van der Waals surface area contributed by atoms with Crippen molar-refractivity contribution in [2.45, 2.75) is 13.3 Å². The molecular weight excluding hydrogens is 182 g/mol. The van der Waals surface area contributed by atoms with E-state index in [2.05, 4.69) is 5.32 Å². The van der Waals surface area contributed by atoms with Crippen molar-refractivity contribution in [3.63, 3.8) is 0 Å². The summed E-state index contributed by atoms with van der Waals surface area (Å²) in [6.45, 7) is 1.30. The van der Waals surface area contributed by atoms with Crippen LogP contribution >= 0.6 is 0 Å². The second-order valence-corrected chi connectivity index (χ2v) is 2.33. The van der Waals surface area contributed by atoms with Crippen LogP contribution in [0.25, 0.3) is 0 Å². The number of nitrogens with zero attached hydrogens (tertiary/aromatic N) is 1. The van der Waals surface area contributed by atoms with E-state index in [4.69, 9.17) is 0 Å². The van der Waals surface area contributed by atoms with Gasteiger partial charge in [-0.3, -0.25) is 9.59 Å². The number of likely N-dealkylation sites (N-methyl/N-ethyl adjacent to an activating group) is 2. The maximum Gasteiger partial charge on any atom is 0.315 e. The third-order valence-corrected chi connectivity index (χ3v) is 1.49. The molecule has 2 amide bonds. The zero-order valence-corrected chi connectivity index (χ0v) is 7.51. The Balaban J connectivity index is 4.18. The van der Waals surface area contributed by atoms with Gasteiger partial charge < -0.3 is 10.2 Å². The van der Waals surface area contributed by atoms with E-state index in [1.807, 2.05) is 0 Å². The molecule has 0 aromatic carbocycles. The van der Waals surface area contributed by atoms with Crippen LogP contribution in [0.1, 0.15) is 6.92 Å². The van der Waals surface area contributed by atoms with Gasteiger partial charge in [-0.25, -0.2) is 0 Å². The molecule has 0 aliphatic rings. The molecule has 4 nitrogen and oxygen atoms in total. The number of hydrogen-bond acceptors (Lipinski definition) is 2. The molecule has 0 aliphatic heterocycles. The van der Waals surface area contributed by atoms with Gasteiger partial charge in [-0.05, 0) is 6.92 Å². The number of nitrogens with one attached hydrogen (secondary N) is 1. The van der Waals surface area contributed by atoms with E-state index >= 15 is 0 Å². The number of hydrogen-bond donors (Lipinski definition) is 1. The molecular formula is C7H12F2N2O2. The highest BCUT2D eigenvalue weighted by Crippen LogP contribution is 1.99. The fraction of sp³-hybridized carbons (Fsp3) is 0.714. The lowest BCUT2D eigenvalue weighted by molar-refractivity contribution is -0.145. The molecule has 13 heavy (non-hydrogen) atoms. The molecule has 0 heterocycles. The average Bonchev–Trinajstić information content (AvgIpc) is 2.12. The van der Waals surface area contributed by atoms with E-state index < -0.39 is 18.2 Å². The first-order valence-electron chi connectivity index (χ1n) is 3.80. The fourth-order valence-corrected chi connectivity index (χ4v) is 0.736. The second-order valence-electron chi connectivity index (χ2n) is 2.33. The molecule has 0 atom stereocenters. The van der Waals surface area contributed by atoms with Crippen LogP contribution in [0.5, 0.6) is 0 Å². The fourth-order valence-electron chi connectivity index (χ4n) is 0.736. The van der Waals surface area contributed by atoms with Gasteiger partial charge in [0, 0.05) is 13.6 Å². The average molecular weight is 194 g/mol. The SMILES string of the molecule is CCN(CC(=O)NC)C(=O)C(F)F. The zero-order chi connectivity index (χ0) is 10.4. The molecule has 0 fully saturated rings. The first-order chi connectivity index (χ1) is 6.02. The number of halogens is 2. The summed E-state index contributed by atoms with van der Waals surface area (Å²) in [5.41, 5.74) is 0. The molecule has 1 N–H and O–H groups in total. The molecule has 0 rings (SSSR count). The Hall–Kier alpha value is -1.20. The monoisotopic (exact) mass is 194 g/mol. The van der Waals surface area contributed by atoms with E-state index in [0.717, 1.165) is 4.90 Å². The van der Waals surface area contributed by atoms with Crippen LogP contribution in [-0.2, 0) is 9.59 Å². The molecule has 0 saturated heterocycles. The number of alkyl halides is 2. The summed E-state index contributed by atoms with van der Waals surface area (Å²) >= 11 is 0. The number of amides is 2. The Kier molecular flexibility index (Phi) is 4.94. The summed E-state index contributed by atoms with van der Waals surface area (Å²) in [5.74, 6) is -1.78. The van der Waals surface area contributed by atoms with E-state index in [9.17, 15) is 18.4 Å². The van der Waals surface area contributed by atoms with Crippen molar-refractivity contribution in [3.05, 3.63) is 0 Å². The molecule has 76 valence electrons. The van der Waals surface area contributed by atoms with E-state index in [1.165, 1.54) is 14.0 Å². The minimum Gasteiger partial charge on any atom is -0.358 e. The molecule has 0 saturated carbocycles. The summed E-state index contributed by atoms with van der Waals surface area (Å²) in [4.78, 5) is 22.3. The van der Waals surface area contributed by atoms with Gasteiger partial charge in [-0.1, -0.05) is 0 Å². The minimum atomic E-state index is -3.05. The van der Waals surface area contributed by atoms with Crippen LogP contribution < -0.4 is 5.32 Å². The van der Waals surface area contributed by atoms with E-state index in [-0.39, 0.29) is 13.1 Å². The largest absolute Gasteiger partial charge is 0.358 e. The smallest absolute Gasteiger partial charge is 0.315 e. The minimum absolute atomic E-state index is 0.0938. The maximum atomic E-state index is 11.9. The number of carbonyl (C=O) groups excluding carboxylic acids is 2. The molecule has 0 radical (unpaired) electrons. The van der Waals surface area contributed by atoms with Crippen molar-refractivity contribution in [2.24, 2.45) is 0 Å². The van der Waals surface area contributed by atoms with Gasteiger partial charge in [-0.15, -0.1) is 0 Å². The van der Waals surface area contributed by atoms with Gasteiger partial charge in [0.05, 0.1) is 6.54 Å². The molecule has 0 bridgehead atoms. The first-order valence-corrected chi connectivity index (χ1v) is 3.80. The van der Waals surface area contributed by atoms with Gasteiger partial charge >= 0.3 is 6.43 Å².